The fourth-order valence-corrected chi connectivity index (χ4v) is 4.92. The van der Waals surface area contributed by atoms with Gasteiger partial charge in [0.2, 0.25) is 36.8 Å². The first-order chi connectivity index (χ1) is 18.4. The predicted molar refractivity (Wildman–Crippen MR) is 140 cm³/mol. The van der Waals surface area contributed by atoms with E-state index in [-0.39, 0.29) is 11.5 Å². The van der Waals surface area contributed by atoms with Gasteiger partial charge in [-0.25, -0.2) is 29.2 Å². The Bertz CT molecular complexity index is 828. The maximum atomic E-state index is 12.2. The van der Waals surface area contributed by atoms with E-state index in [2.05, 4.69) is 20.0 Å². The first kappa shape index (κ1) is 35.1. The molecule has 0 aromatic heterocycles. The molecule has 0 aromatic rings. The average molecular weight is 573 g/mol. The van der Waals surface area contributed by atoms with Gasteiger partial charge in [-0.2, -0.15) is 9.98 Å². The lowest BCUT2D eigenvalue weighted by atomic mass is 10.2. The number of carbonyl (C=O) groups excluding carboxylic acids is 6. The minimum Gasteiger partial charge on any atom is -0.438 e. The summed E-state index contributed by atoms with van der Waals surface area (Å²) < 4.78 is 10.3. The van der Waals surface area contributed by atoms with Crippen LogP contribution in [-0.2, 0) is 38.2 Å². The number of isocyanates is 4. The third-order valence-corrected chi connectivity index (χ3v) is 7.13. The Morgan fingerprint density at radius 3 is 1.37 bits per heavy atom. The van der Waals surface area contributed by atoms with Gasteiger partial charge in [-0.3, -0.25) is 9.59 Å². The molecule has 4 N–H and O–H groups in total. The van der Waals surface area contributed by atoms with E-state index in [0.717, 1.165) is 0 Å². The molecule has 0 aromatic carbocycles. The molecular weight excluding hydrogens is 540 g/mol. The largest absolute Gasteiger partial charge is 0.438 e. The van der Waals surface area contributed by atoms with Gasteiger partial charge in [-0.1, -0.05) is 34.4 Å². The van der Waals surface area contributed by atoms with Crippen molar-refractivity contribution in [3.63, 3.8) is 0 Å². The van der Waals surface area contributed by atoms with Gasteiger partial charge in [0.25, 0.3) is 0 Å². The number of esters is 2. The van der Waals surface area contributed by atoms with Crippen LogP contribution >= 0.6 is 21.6 Å². The second-order valence-electron chi connectivity index (χ2n) is 7.65. The Morgan fingerprint density at radius 1 is 0.632 bits per heavy atom. The van der Waals surface area contributed by atoms with E-state index in [0.29, 0.717) is 64.5 Å². The fraction of sp³-hybridized carbons (Fsp3) is 0.727. The summed E-state index contributed by atoms with van der Waals surface area (Å²) >= 11 is 0. The molecule has 0 aliphatic rings. The summed E-state index contributed by atoms with van der Waals surface area (Å²) in [4.78, 5) is 79.5. The molecule has 0 saturated carbocycles. The van der Waals surface area contributed by atoms with Gasteiger partial charge in [0, 0.05) is 24.3 Å². The molecule has 4 atom stereocenters. The first-order valence-electron chi connectivity index (χ1n) is 11.8. The number of hydrogen-bond donors (Lipinski definition) is 2. The van der Waals surface area contributed by atoms with E-state index in [1.54, 1.807) is 0 Å². The van der Waals surface area contributed by atoms with Crippen molar-refractivity contribution < 1.29 is 38.2 Å². The molecule has 0 spiro atoms. The van der Waals surface area contributed by atoms with Gasteiger partial charge >= 0.3 is 11.9 Å². The first-order valence-corrected chi connectivity index (χ1v) is 14.3. The summed E-state index contributed by atoms with van der Waals surface area (Å²) in [6.07, 6.45) is 8.04. The van der Waals surface area contributed by atoms with Crippen LogP contribution in [0.3, 0.4) is 0 Å². The zero-order valence-corrected chi connectivity index (χ0v) is 22.5. The molecule has 38 heavy (non-hydrogen) atoms. The van der Waals surface area contributed by atoms with E-state index in [9.17, 15) is 28.8 Å². The van der Waals surface area contributed by atoms with E-state index in [1.807, 2.05) is 0 Å². The van der Waals surface area contributed by atoms with Crippen LogP contribution in [0.25, 0.3) is 0 Å². The number of ether oxygens (including phenoxy) is 2. The normalized spacial score (nSPS) is 13.2. The molecule has 0 amide bonds. The lowest BCUT2D eigenvalue weighted by Crippen LogP contribution is -2.37. The second-order valence-corrected chi connectivity index (χ2v) is 10.2. The van der Waals surface area contributed by atoms with Crippen molar-refractivity contribution >= 4 is 57.8 Å². The molecule has 0 fully saturated rings. The summed E-state index contributed by atoms with van der Waals surface area (Å²) in [7, 11) is 2.38. The number of hydrogen-bond acceptors (Lipinski definition) is 16. The van der Waals surface area contributed by atoms with Gasteiger partial charge < -0.3 is 20.9 Å². The molecular formula is C22H32N6O8S2. The Balaban J connectivity index is 4.33. The maximum absolute atomic E-state index is 12.2. The third-order valence-electron chi connectivity index (χ3n) is 4.65. The van der Waals surface area contributed by atoms with Gasteiger partial charge in [-0.05, 0) is 25.7 Å². The van der Waals surface area contributed by atoms with Crippen LogP contribution in [0.5, 0.6) is 0 Å². The Labute approximate surface area is 228 Å². The van der Waals surface area contributed by atoms with E-state index in [1.165, 1.54) is 45.9 Å². The van der Waals surface area contributed by atoms with Crippen molar-refractivity contribution in [1.29, 1.82) is 0 Å². The molecule has 0 aliphatic heterocycles. The Kier molecular flexibility index (Phi) is 22.5. The molecule has 14 nitrogen and oxygen atoms in total. The molecule has 0 radical (unpaired) electrons. The van der Waals surface area contributed by atoms with Crippen LogP contribution < -0.4 is 11.5 Å². The van der Waals surface area contributed by atoms with Crippen molar-refractivity contribution in [2.24, 2.45) is 31.4 Å². The monoisotopic (exact) mass is 572 g/mol. The standard InChI is InChI=1S/C22H32N6O8S2/c23-17(21(33)35-19(27-15-31)7-3-1-5-9-25-13-29)11-37-38-12-18(24)22(34)36-20(28-16-32)8-4-2-6-10-26-14-30/h17-20H,1-12,23-24H2/t17-,18-,19?,20?/m0/s1. The molecule has 0 bridgehead atoms. The van der Waals surface area contributed by atoms with E-state index >= 15 is 0 Å². The smallest absolute Gasteiger partial charge is 0.325 e. The number of nitrogens with zero attached hydrogens (tertiary/aromatic N) is 4. The maximum Gasteiger partial charge on any atom is 0.325 e. The number of aliphatic imine (C=N–C) groups is 4. The van der Waals surface area contributed by atoms with E-state index < -0.39 is 36.5 Å². The number of rotatable bonds is 23. The zero-order valence-electron chi connectivity index (χ0n) is 20.8. The zero-order chi connectivity index (χ0) is 28.4. The molecule has 0 saturated heterocycles. The van der Waals surface area contributed by atoms with Gasteiger partial charge in [0.05, 0.1) is 13.1 Å². The summed E-state index contributed by atoms with van der Waals surface area (Å²) in [6, 6.07) is -2.02. The quantitative estimate of drug-likeness (QED) is 0.0580. The highest BCUT2D eigenvalue weighted by Crippen LogP contribution is 2.23. The van der Waals surface area contributed by atoms with Crippen molar-refractivity contribution in [2.75, 3.05) is 24.6 Å². The highest BCUT2D eigenvalue weighted by Gasteiger charge is 2.22. The molecule has 16 heteroatoms. The second kappa shape index (κ2) is 24.4. The van der Waals surface area contributed by atoms with Crippen LogP contribution in [0.2, 0.25) is 0 Å². The van der Waals surface area contributed by atoms with Gasteiger partial charge in [0.15, 0.2) is 0 Å². The molecule has 0 rings (SSSR count). The molecule has 0 aliphatic carbocycles. The van der Waals surface area contributed by atoms with Gasteiger partial charge in [-0.15, -0.1) is 0 Å². The lowest BCUT2D eigenvalue weighted by molar-refractivity contribution is -0.150. The number of nitrogens with two attached hydrogens (primary N) is 2. The molecule has 2 unspecified atom stereocenters. The molecule has 0 heterocycles. The Morgan fingerprint density at radius 2 is 1.03 bits per heavy atom. The van der Waals surface area contributed by atoms with Gasteiger partial charge in [0.1, 0.15) is 12.1 Å². The van der Waals surface area contributed by atoms with Crippen molar-refractivity contribution in [3.05, 3.63) is 0 Å². The SMILES string of the molecule is N[C@@H](CSSC[C@H](N)C(=O)OC(CCCCCN=C=O)N=C=O)C(=O)OC(CCCCCN=C=O)N=C=O. The molecule has 210 valence electrons. The van der Waals surface area contributed by atoms with Crippen LogP contribution in [0.1, 0.15) is 51.4 Å². The number of unbranched alkanes of at least 4 members (excludes halogenated alkanes) is 4. The highest BCUT2D eigenvalue weighted by molar-refractivity contribution is 8.76. The minimum absolute atomic E-state index is 0.138. The van der Waals surface area contributed by atoms with Crippen molar-refractivity contribution in [3.8, 4) is 0 Å². The summed E-state index contributed by atoms with van der Waals surface area (Å²) in [5, 5.41) is 0. The topological polar surface area (TPSA) is 222 Å². The fourth-order valence-electron chi connectivity index (χ4n) is 2.70. The van der Waals surface area contributed by atoms with Crippen molar-refractivity contribution in [1.82, 2.24) is 0 Å². The van der Waals surface area contributed by atoms with Crippen molar-refractivity contribution in [2.45, 2.75) is 75.9 Å². The highest BCUT2D eigenvalue weighted by atomic mass is 33.1. The minimum atomic E-state index is -1.01. The average Bonchev–Trinajstić information content (AvgIpc) is 2.90. The Hall–Kier alpha value is -2.92. The van der Waals surface area contributed by atoms with Crippen LogP contribution in [-0.4, -0.2) is 85.4 Å². The van der Waals surface area contributed by atoms with Crippen LogP contribution in [0, 0.1) is 0 Å². The third kappa shape index (κ3) is 19.2. The lowest BCUT2D eigenvalue weighted by Gasteiger charge is -2.17. The number of carbonyl (C=O) groups is 2. The summed E-state index contributed by atoms with van der Waals surface area (Å²) in [5.74, 6) is -1.22. The van der Waals surface area contributed by atoms with E-state index in [4.69, 9.17) is 20.9 Å². The summed E-state index contributed by atoms with van der Waals surface area (Å²) in [5.41, 5.74) is 11.7. The predicted octanol–water partition coefficient (Wildman–Crippen LogP) is 1.23. The summed E-state index contributed by atoms with van der Waals surface area (Å²) in [6.45, 7) is 0.694. The van der Waals surface area contributed by atoms with Crippen LogP contribution in [0.4, 0.5) is 0 Å². The van der Waals surface area contributed by atoms with Crippen LogP contribution in [0.15, 0.2) is 20.0 Å².